The van der Waals surface area contributed by atoms with E-state index in [9.17, 15) is 15.0 Å². The molecule has 0 aliphatic rings. The number of phenols is 1. The highest BCUT2D eigenvalue weighted by atomic mass is 79.9. The minimum absolute atomic E-state index is 0.0170. The molecule has 3 rings (SSSR count). The second-order valence-corrected chi connectivity index (χ2v) is 7.33. The van der Waals surface area contributed by atoms with Crippen LogP contribution in [-0.4, -0.2) is 31.7 Å². The van der Waals surface area contributed by atoms with Crippen LogP contribution in [0.3, 0.4) is 0 Å². The summed E-state index contributed by atoms with van der Waals surface area (Å²) in [4.78, 5) is 13.1. The van der Waals surface area contributed by atoms with Crippen LogP contribution in [0.4, 0.5) is 0 Å². The lowest BCUT2D eigenvalue weighted by Gasteiger charge is -2.08. The SMILES string of the molecule is [B]c1cc([B])c2c(C(=O)c3cc(Br)c(O)c(Br)c3)c(C(C)O)oc2c1. The molecule has 0 saturated carbocycles. The Balaban J connectivity index is 2.30. The quantitative estimate of drug-likeness (QED) is 0.466. The molecule has 0 aliphatic heterocycles. The van der Waals surface area contributed by atoms with Gasteiger partial charge >= 0.3 is 0 Å². The van der Waals surface area contributed by atoms with Crippen molar-refractivity contribution in [3.05, 3.63) is 50.1 Å². The number of carbonyl (C=O) groups excluding carboxylic acids is 1. The van der Waals surface area contributed by atoms with Gasteiger partial charge in [-0.1, -0.05) is 17.0 Å². The summed E-state index contributed by atoms with van der Waals surface area (Å²) < 4.78 is 6.36. The van der Waals surface area contributed by atoms with Crippen LogP contribution in [0.2, 0.25) is 0 Å². The van der Waals surface area contributed by atoms with E-state index >= 15 is 0 Å². The highest BCUT2D eigenvalue weighted by Gasteiger charge is 2.26. The second kappa shape index (κ2) is 6.67. The van der Waals surface area contributed by atoms with Crippen molar-refractivity contribution in [1.82, 2.24) is 0 Å². The molecular weight excluding hydrogens is 450 g/mol. The number of benzene rings is 2. The van der Waals surface area contributed by atoms with Gasteiger partial charge in [0, 0.05) is 10.9 Å². The summed E-state index contributed by atoms with van der Waals surface area (Å²) in [7, 11) is 11.8. The monoisotopic (exact) mass is 458 g/mol. The number of aliphatic hydroxyl groups excluding tert-OH is 1. The van der Waals surface area contributed by atoms with Crippen molar-refractivity contribution in [1.29, 1.82) is 0 Å². The standard InChI is InChI=1S/C17H10B2Br2O4/c1-6(22)17-14(13-9(19)4-8(18)5-12(13)25-17)15(23)7-2-10(20)16(24)11(21)3-7/h2-6,22,24H,1H3. The molecule has 0 amide bonds. The Morgan fingerprint density at radius 2 is 1.76 bits per heavy atom. The van der Waals surface area contributed by atoms with Crippen molar-refractivity contribution < 1.29 is 19.4 Å². The van der Waals surface area contributed by atoms with E-state index in [2.05, 4.69) is 31.9 Å². The number of hydrogen-bond donors (Lipinski definition) is 2. The Labute approximate surface area is 163 Å². The molecule has 0 aliphatic carbocycles. The topological polar surface area (TPSA) is 70.7 Å². The van der Waals surface area contributed by atoms with Gasteiger partial charge in [-0.3, -0.25) is 4.79 Å². The van der Waals surface area contributed by atoms with E-state index in [0.29, 0.717) is 25.4 Å². The number of halogens is 2. The summed E-state index contributed by atoms with van der Waals surface area (Å²) in [6.45, 7) is 1.50. The summed E-state index contributed by atoms with van der Waals surface area (Å²) in [5.74, 6) is -0.304. The lowest BCUT2D eigenvalue weighted by atomic mass is 9.82. The van der Waals surface area contributed by atoms with Crippen molar-refractivity contribution in [2.75, 3.05) is 0 Å². The Bertz CT molecular complexity index is 989. The molecule has 0 saturated heterocycles. The van der Waals surface area contributed by atoms with Gasteiger partial charge in [0.15, 0.2) is 5.78 Å². The maximum absolute atomic E-state index is 13.1. The van der Waals surface area contributed by atoms with Gasteiger partial charge in [-0.15, -0.1) is 0 Å². The number of aliphatic hydroxyl groups is 1. The van der Waals surface area contributed by atoms with Gasteiger partial charge in [0.25, 0.3) is 0 Å². The molecule has 0 bridgehead atoms. The summed E-state index contributed by atoms with van der Waals surface area (Å²) in [6.07, 6.45) is -1.02. The number of aromatic hydroxyl groups is 1. The molecule has 2 aromatic carbocycles. The lowest BCUT2D eigenvalue weighted by molar-refractivity contribution is 0.102. The minimum atomic E-state index is -1.02. The first-order valence-electron chi connectivity index (χ1n) is 7.22. The number of ketones is 1. The molecule has 0 spiro atoms. The summed E-state index contributed by atoms with van der Waals surface area (Å²) >= 11 is 6.41. The summed E-state index contributed by atoms with van der Waals surface area (Å²) in [6, 6.07) is 6.06. The first-order valence-corrected chi connectivity index (χ1v) is 8.81. The Morgan fingerprint density at radius 3 is 2.32 bits per heavy atom. The van der Waals surface area contributed by atoms with Gasteiger partial charge in [0.05, 0.1) is 14.5 Å². The zero-order valence-corrected chi connectivity index (χ0v) is 16.2. The van der Waals surface area contributed by atoms with Crippen LogP contribution in [-0.2, 0) is 0 Å². The predicted octanol–water partition coefficient (Wildman–Crippen LogP) is 2.54. The van der Waals surface area contributed by atoms with E-state index in [1.165, 1.54) is 25.1 Å². The van der Waals surface area contributed by atoms with Crippen LogP contribution in [0.5, 0.6) is 5.75 Å². The fourth-order valence-corrected chi connectivity index (χ4v) is 3.85. The summed E-state index contributed by atoms with van der Waals surface area (Å²) in [5.41, 5.74) is 1.47. The summed E-state index contributed by atoms with van der Waals surface area (Å²) in [5, 5.41) is 20.3. The highest BCUT2D eigenvalue weighted by Crippen LogP contribution is 2.36. The van der Waals surface area contributed by atoms with Gasteiger partial charge in [0.2, 0.25) is 0 Å². The zero-order valence-electron chi connectivity index (χ0n) is 13.0. The number of carbonyl (C=O) groups is 1. The number of hydrogen-bond acceptors (Lipinski definition) is 4. The van der Waals surface area contributed by atoms with Gasteiger partial charge < -0.3 is 14.6 Å². The first kappa shape index (κ1) is 18.3. The van der Waals surface area contributed by atoms with Crippen molar-refractivity contribution in [3.63, 3.8) is 0 Å². The molecule has 1 unspecified atom stereocenters. The van der Waals surface area contributed by atoms with Gasteiger partial charge in [-0.05, 0) is 57.0 Å². The molecule has 122 valence electrons. The predicted molar refractivity (Wildman–Crippen MR) is 105 cm³/mol. The van der Waals surface area contributed by atoms with Crippen LogP contribution in [0, 0.1) is 0 Å². The average Bonchev–Trinajstić information content (AvgIpc) is 2.91. The third-order valence-corrected chi connectivity index (χ3v) is 4.97. The minimum Gasteiger partial charge on any atom is -0.506 e. The molecule has 0 fully saturated rings. The molecular formula is C17H10B2Br2O4. The average molecular weight is 460 g/mol. The van der Waals surface area contributed by atoms with Crippen molar-refractivity contribution in [3.8, 4) is 5.75 Å². The Morgan fingerprint density at radius 1 is 1.16 bits per heavy atom. The molecule has 1 aromatic heterocycles. The van der Waals surface area contributed by atoms with Crippen LogP contribution >= 0.6 is 31.9 Å². The van der Waals surface area contributed by atoms with E-state index in [4.69, 9.17) is 20.1 Å². The molecule has 25 heavy (non-hydrogen) atoms. The van der Waals surface area contributed by atoms with E-state index in [0.717, 1.165) is 0 Å². The largest absolute Gasteiger partial charge is 0.506 e. The third-order valence-electron chi connectivity index (χ3n) is 3.76. The van der Waals surface area contributed by atoms with E-state index in [1.54, 1.807) is 6.07 Å². The van der Waals surface area contributed by atoms with Crippen LogP contribution in [0.1, 0.15) is 34.7 Å². The molecule has 4 nitrogen and oxygen atoms in total. The fourth-order valence-electron chi connectivity index (χ4n) is 2.66. The normalized spacial score (nSPS) is 12.5. The van der Waals surface area contributed by atoms with Gasteiger partial charge in [0.1, 0.15) is 38.9 Å². The zero-order chi connectivity index (χ0) is 18.5. The molecule has 1 heterocycles. The fraction of sp³-hybridized carbons (Fsp3) is 0.118. The van der Waals surface area contributed by atoms with Crippen molar-refractivity contribution in [2.24, 2.45) is 0 Å². The second-order valence-electron chi connectivity index (χ2n) is 5.62. The number of furan rings is 1. The smallest absolute Gasteiger partial charge is 0.197 e. The number of fused-ring (bicyclic) bond motifs is 1. The number of phenolic OH excluding ortho intramolecular Hbond substituents is 1. The van der Waals surface area contributed by atoms with Crippen LogP contribution in [0.25, 0.3) is 11.0 Å². The number of rotatable bonds is 3. The van der Waals surface area contributed by atoms with Crippen molar-refractivity contribution in [2.45, 2.75) is 13.0 Å². The maximum atomic E-state index is 13.1. The van der Waals surface area contributed by atoms with Crippen molar-refractivity contribution >= 4 is 75.2 Å². The molecule has 4 radical (unpaired) electrons. The lowest BCUT2D eigenvalue weighted by Crippen LogP contribution is -2.16. The molecule has 1 atom stereocenters. The molecule has 8 heteroatoms. The van der Waals surface area contributed by atoms with E-state index in [1.807, 2.05) is 0 Å². The Kier molecular flexibility index (Phi) is 4.88. The van der Waals surface area contributed by atoms with E-state index < -0.39 is 11.9 Å². The molecule has 3 aromatic rings. The van der Waals surface area contributed by atoms with E-state index in [-0.39, 0.29) is 28.1 Å². The first-order chi connectivity index (χ1) is 11.7. The molecule has 2 N–H and O–H groups in total. The highest BCUT2D eigenvalue weighted by molar-refractivity contribution is 9.11. The Hall–Kier alpha value is -1.50. The van der Waals surface area contributed by atoms with Crippen LogP contribution in [0.15, 0.2) is 37.6 Å². The van der Waals surface area contributed by atoms with Gasteiger partial charge in [-0.25, -0.2) is 0 Å². The van der Waals surface area contributed by atoms with Crippen LogP contribution < -0.4 is 10.9 Å². The maximum Gasteiger partial charge on any atom is 0.197 e. The third kappa shape index (κ3) is 3.18. The van der Waals surface area contributed by atoms with Gasteiger partial charge in [-0.2, -0.15) is 0 Å².